The van der Waals surface area contributed by atoms with E-state index in [0.29, 0.717) is 60.6 Å². The molecule has 0 saturated carbocycles. The van der Waals surface area contributed by atoms with Crippen molar-refractivity contribution in [3.05, 3.63) is 162 Å². The van der Waals surface area contributed by atoms with Crippen molar-refractivity contribution >= 4 is 73.7 Å². The summed E-state index contributed by atoms with van der Waals surface area (Å²) in [6.07, 6.45) is 11.3. The lowest BCUT2D eigenvalue weighted by molar-refractivity contribution is -0.134. The number of nitrogens with zero attached hydrogens (tertiary/aromatic N) is 1. The standard InChI is InChI=1S/C35H29ClN2O4.C12H14ClN.C5H10O/c1-2-3-5-14-33(39)42-26-15-16-29-24(17-26)18-30(37-29)35(40)38-21-25(20-36)34-28-13-9-8-12-27(28)32(19-31(34)38)41-22-23-10-6-4-7-11-23;1-9(7-8-13)11-5-3-4-6-12(11)10(2)14;1-3-4-5-6-2/h1,4,6-13,15-19,25,37H,3,5,14,20-22H2;3-6H,1-2,7-8,14H2;3-4H,5H2,1-2H3/b;;4-3-. The van der Waals surface area contributed by atoms with Gasteiger partial charge in [-0.05, 0) is 71.7 Å². The predicted molar refractivity (Wildman–Crippen MR) is 257 cm³/mol. The van der Waals surface area contributed by atoms with E-state index in [2.05, 4.69) is 30.1 Å². The maximum Gasteiger partial charge on any atom is 0.311 e. The van der Waals surface area contributed by atoms with Gasteiger partial charge in [0.1, 0.15) is 23.8 Å². The first kappa shape index (κ1) is 46.8. The average molecular weight is 871 g/mol. The minimum Gasteiger partial charge on any atom is -0.488 e. The molecule has 1 aromatic heterocycles. The van der Waals surface area contributed by atoms with E-state index in [1.807, 2.05) is 97.9 Å². The number of carbonyl (C=O) groups excluding carboxylic acids is 2. The van der Waals surface area contributed by atoms with Crippen LogP contribution in [0.25, 0.3) is 32.9 Å². The van der Waals surface area contributed by atoms with Gasteiger partial charge in [-0.3, -0.25) is 9.59 Å². The maximum absolute atomic E-state index is 14.0. The molecule has 0 spiro atoms. The van der Waals surface area contributed by atoms with Gasteiger partial charge < -0.3 is 29.8 Å². The monoisotopic (exact) mass is 869 g/mol. The van der Waals surface area contributed by atoms with Crippen molar-refractivity contribution in [3.8, 4) is 23.8 Å². The molecule has 320 valence electrons. The van der Waals surface area contributed by atoms with Gasteiger partial charge in [-0.2, -0.15) is 0 Å². The van der Waals surface area contributed by atoms with Crippen molar-refractivity contribution in [2.24, 2.45) is 5.73 Å². The number of fused-ring (bicyclic) bond motifs is 4. The first-order valence-corrected chi connectivity index (χ1v) is 21.5. The summed E-state index contributed by atoms with van der Waals surface area (Å²) in [5.41, 5.74) is 13.3. The average Bonchev–Trinajstić information content (AvgIpc) is 3.90. The molecule has 1 aliphatic heterocycles. The van der Waals surface area contributed by atoms with E-state index in [4.69, 9.17) is 49.6 Å². The molecule has 0 radical (unpaired) electrons. The van der Waals surface area contributed by atoms with E-state index in [-0.39, 0.29) is 24.2 Å². The number of terminal acetylenes is 1. The smallest absolute Gasteiger partial charge is 0.311 e. The Bertz CT molecular complexity index is 2560. The SMILES string of the molecule is C#CCCCC(=O)Oc1ccc2[nH]c(C(=O)N3CC(CCl)c4c3cc(OCc3ccccc3)c3ccccc43)cc2c1.C/C=C\COC.C=C(N)c1ccccc1C(=C)CCCl. The molecule has 5 aromatic carbocycles. The van der Waals surface area contributed by atoms with E-state index in [1.165, 1.54) is 0 Å². The molecule has 0 aliphatic carbocycles. The third-order valence-electron chi connectivity index (χ3n) is 10.1. The van der Waals surface area contributed by atoms with Crippen LogP contribution in [-0.2, 0) is 16.1 Å². The number of amides is 1. The summed E-state index contributed by atoms with van der Waals surface area (Å²) < 4.78 is 16.5. The Morgan fingerprint density at radius 1 is 0.935 bits per heavy atom. The molecule has 62 heavy (non-hydrogen) atoms. The topological polar surface area (TPSA) is 107 Å². The summed E-state index contributed by atoms with van der Waals surface area (Å²) in [4.78, 5) is 31.2. The number of benzene rings is 5. The molecule has 0 saturated heterocycles. The van der Waals surface area contributed by atoms with Crippen molar-refractivity contribution in [2.75, 3.05) is 36.9 Å². The fourth-order valence-corrected chi connectivity index (χ4v) is 7.53. The highest BCUT2D eigenvalue weighted by atomic mass is 35.5. The van der Waals surface area contributed by atoms with Gasteiger partial charge >= 0.3 is 5.97 Å². The van der Waals surface area contributed by atoms with E-state index in [0.717, 1.165) is 68.2 Å². The molecular formula is C52H53Cl2N3O5. The van der Waals surface area contributed by atoms with Gasteiger partial charge in [0.15, 0.2) is 0 Å². The molecular weight excluding hydrogens is 817 g/mol. The number of hydrogen-bond donors (Lipinski definition) is 2. The number of halogens is 2. The molecule has 1 amide bonds. The third-order valence-corrected chi connectivity index (χ3v) is 10.7. The van der Waals surface area contributed by atoms with Gasteiger partial charge in [-0.25, -0.2) is 0 Å². The van der Waals surface area contributed by atoms with Crippen molar-refractivity contribution in [3.63, 3.8) is 0 Å². The predicted octanol–water partition coefficient (Wildman–Crippen LogP) is 12.1. The van der Waals surface area contributed by atoms with Crippen LogP contribution in [0.3, 0.4) is 0 Å². The minimum atomic E-state index is -0.338. The van der Waals surface area contributed by atoms with Crippen molar-refractivity contribution in [2.45, 2.75) is 45.1 Å². The first-order valence-electron chi connectivity index (χ1n) is 20.4. The molecule has 2 heterocycles. The second kappa shape index (κ2) is 23.7. The summed E-state index contributed by atoms with van der Waals surface area (Å²) in [6, 6.07) is 34.9. The van der Waals surface area contributed by atoms with Gasteiger partial charge in [0, 0.05) is 77.8 Å². The number of rotatable bonds is 15. The number of esters is 1. The number of nitrogens with one attached hydrogen (secondary N) is 1. The number of carbonyl (C=O) groups is 2. The summed E-state index contributed by atoms with van der Waals surface area (Å²) >= 11 is 12.1. The van der Waals surface area contributed by atoms with Crippen LogP contribution in [0.4, 0.5) is 5.69 Å². The van der Waals surface area contributed by atoms with E-state index < -0.39 is 0 Å². The molecule has 1 aliphatic rings. The normalized spacial score (nSPS) is 12.8. The van der Waals surface area contributed by atoms with Gasteiger partial charge in [-0.15, -0.1) is 35.5 Å². The first-order chi connectivity index (χ1) is 30.1. The van der Waals surface area contributed by atoms with Crippen molar-refractivity contribution in [1.82, 2.24) is 4.98 Å². The zero-order valence-corrected chi connectivity index (χ0v) is 36.8. The molecule has 10 heteroatoms. The Morgan fingerprint density at radius 2 is 1.65 bits per heavy atom. The molecule has 1 unspecified atom stereocenters. The van der Waals surface area contributed by atoms with E-state index in [9.17, 15) is 9.59 Å². The molecule has 6 aromatic rings. The lowest BCUT2D eigenvalue weighted by atomic mass is 9.95. The van der Waals surface area contributed by atoms with Crippen LogP contribution < -0.4 is 20.1 Å². The zero-order valence-electron chi connectivity index (χ0n) is 35.3. The highest BCUT2D eigenvalue weighted by Gasteiger charge is 2.35. The van der Waals surface area contributed by atoms with Crippen LogP contribution in [0, 0.1) is 12.3 Å². The Labute approximate surface area is 375 Å². The van der Waals surface area contributed by atoms with Crippen LogP contribution >= 0.6 is 23.2 Å². The number of aromatic nitrogens is 1. The van der Waals surface area contributed by atoms with Crippen molar-refractivity contribution < 1.29 is 23.8 Å². The number of methoxy groups -OCH3 is 1. The number of ether oxygens (including phenoxy) is 3. The number of aromatic amines is 1. The van der Waals surface area contributed by atoms with E-state index >= 15 is 0 Å². The van der Waals surface area contributed by atoms with Gasteiger partial charge in [0.25, 0.3) is 5.91 Å². The Morgan fingerprint density at radius 3 is 2.31 bits per heavy atom. The molecule has 1 atom stereocenters. The lowest BCUT2D eigenvalue weighted by Crippen LogP contribution is -2.30. The molecule has 0 bridgehead atoms. The van der Waals surface area contributed by atoms with Crippen LogP contribution in [0.15, 0.2) is 135 Å². The van der Waals surface area contributed by atoms with Gasteiger partial charge in [0.05, 0.1) is 12.3 Å². The van der Waals surface area contributed by atoms with Crippen LogP contribution in [0.2, 0.25) is 0 Å². The summed E-state index contributed by atoms with van der Waals surface area (Å²) in [5.74, 6) is 4.08. The van der Waals surface area contributed by atoms with Gasteiger partial charge in [-0.1, -0.05) is 104 Å². The van der Waals surface area contributed by atoms with Gasteiger partial charge in [0.2, 0.25) is 0 Å². The highest BCUT2D eigenvalue weighted by molar-refractivity contribution is 6.19. The second-order valence-electron chi connectivity index (χ2n) is 14.5. The van der Waals surface area contributed by atoms with Crippen LogP contribution in [0.5, 0.6) is 11.5 Å². The maximum atomic E-state index is 14.0. The molecule has 3 N–H and O–H groups in total. The number of allylic oxidation sites excluding steroid dienone is 2. The van der Waals surface area contributed by atoms with Crippen LogP contribution in [-0.4, -0.2) is 48.9 Å². The second-order valence-corrected chi connectivity index (χ2v) is 15.2. The summed E-state index contributed by atoms with van der Waals surface area (Å²) in [7, 11) is 1.68. The number of alkyl halides is 2. The number of unbranched alkanes of at least 4 members (excludes halogenated alkanes) is 1. The van der Waals surface area contributed by atoms with Crippen molar-refractivity contribution in [1.29, 1.82) is 0 Å². The highest BCUT2D eigenvalue weighted by Crippen LogP contribution is 2.46. The number of anilines is 1. The summed E-state index contributed by atoms with van der Waals surface area (Å²) in [5, 5.41) is 2.79. The van der Waals surface area contributed by atoms with E-state index in [1.54, 1.807) is 36.3 Å². The number of nitrogens with two attached hydrogens (primary N) is 1. The molecule has 0 fully saturated rings. The summed E-state index contributed by atoms with van der Waals surface area (Å²) in [6.45, 7) is 11.3. The fourth-order valence-electron chi connectivity index (χ4n) is 7.05. The fraction of sp³-hybridized carbons (Fsp3) is 0.231. The Hall–Kier alpha value is -6.24. The zero-order chi connectivity index (χ0) is 44.4. The minimum absolute atomic E-state index is 0.0245. The Kier molecular flexibility index (Phi) is 17.9. The molecule has 7 rings (SSSR count). The largest absolute Gasteiger partial charge is 0.488 e. The molecule has 8 nitrogen and oxygen atoms in total. The quantitative estimate of drug-likeness (QED) is 0.0266. The Balaban J connectivity index is 0.000000300. The van der Waals surface area contributed by atoms with Crippen LogP contribution in [0.1, 0.15) is 71.3 Å². The number of hydrogen-bond acceptors (Lipinski definition) is 6. The third kappa shape index (κ3) is 12.2. The number of H-pyrrole nitrogens is 1. The lowest BCUT2D eigenvalue weighted by Gasteiger charge is -2.19.